The standard InChI is InChI=1S/C14H15N3O4/c18-8-5-9(15-6-8)14-16-13(17-21-14)12-7-19-10-3-1-2-4-11(10)20-12/h1-4,8-9,12,15,18H,5-7H2/t8-,9-,12?/m1/s1. The van der Waals surface area contributed by atoms with Crippen LogP contribution >= 0.6 is 0 Å². The van der Waals surface area contributed by atoms with Gasteiger partial charge in [-0.05, 0) is 18.6 Å². The van der Waals surface area contributed by atoms with E-state index in [0.29, 0.717) is 37.0 Å². The summed E-state index contributed by atoms with van der Waals surface area (Å²) >= 11 is 0. The molecule has 1 unspecified atom stereocenters. The predicted octanol–water partition coefficient (Wildman–Crippen LogP) is 0.977. The van der Waals surface area contributed by atoms with Gasteiger partial charge in [0.25, 0.3) is 0 Å². The molecule has 0 aliphatic carbocycles. The van der Waals surface area contributed by atoms with Gasteiger partial charge in [0.15, 0.2) is 17.6 Å². The Balaban J connectivity index is 1.52. The molecule has 2 N–H and O–H groups in total. The molecule has 7 heteroatoms. The maximum Gasteiger partial charge on any atom is 0.244 e. The Kier molecular flexibility index (Phi) is 3.01. The molecule has 4 rings (SSSR count). The van der Waals surface area contributed by atoms with Gasteiger partial charge in [-0.2, -0.15) is 4.98 Å². The van der Waals surface area contributed by atoms with Gasteiger partial charge in [0.05, 0.1) is 12.1 Å². The third-order valence-electron chi connectivity index (χ3n) is 3.66. The second kappa shape index (κ2) is 5.01. The van der Waals surface area contributed by atoms with Crippen molar-refractivity contribution in [1.29, 1.82) is 0 Å². The number of rotatable bonds is 2. The highest BCUT2D eigenvalue weighted by molar-refractivity contribution is 5.40. The molecule has 7 nitrogen and oxygen atoms in total. The van der Waals surface area contributed by atoms with Gasteiger partial charge < -0.3 is 24.4 Å². The Bertz CT molecular complexity index is 645. The third kappa shape index (κ3) is 2.34. The number of aliphatic hydroxyl groups excluding tert-OH is 1. The SMILES string of the molecule is O[C@H]1CN[C@@H](c2nc(C3COc4ccccc4O3)no2)C1. The fraction of sp³-hybridized carbons (Fsp3) is 0.429. The lowest BCUT2D eigenvalue weighted by atomic mass is 10.2. The third-order valence-corrected chi connectivity index (χ3v) is 3.66. The van der Waals surface area contributed by atoms with Gasteiger partial charge in [-0.25, -0.2) is 0 Å². The molecule has 1 aromatic carbocycles. The molecule has 2 aliphatic heterocycles. The Hall–Kier alpha value is -2.12. The normalized spacial score (nSPS) is 27.8. The number of β-amino-alcohol motifs (C(OH)–C–C–N with tert-alkyl or cyclic N) is 1. The number of para-hydroxylation sites is 2. The van der Waals surface area contributed by atoms with Gasteiger partial charge in [0.2, 0.25) is 11.7 Å². The summed E-state index contributed by atoms with van der Waals surface area (Å²) in [6.45, 7) is 0.884. The average molecular weight is 289 g/mol. The molecule has 0 saturated carbocycles. The van der Waals surface area contributed by atoms with Crippen LogP contribution in [0.25, 0.3) is 0 Å². The van der Waals surface area contributed by atoms with E-state index in [1.165, 1.54) is 0 Å². The molecule has 2 aromatic rings. The summed E-state index contributed by atoms with van der Waals surface area (Å²) in [5.41, 5.74) is 0. The fourth-order valence-corrected chi connectivity index (χ4v) is 2.57. The highest BCUT2D eigenvalue weighted by Gasteiger charge is 2.31. The number of hydrogen-bond acceptors (Lipinski definition) is 7. The van der Waals surface area contributed by atoms with Crippen molar-refractivity contribution >= 4 is 0 Å². The largest absolute Gasteiger partial charge is 0.485 e. The smallest absolute Gasteiger partial charge is 0.244 e. The zero-order valence-electron chi connectivity index (χ0n) is 11.2. The summed E-state index contributed by atoms with van der Waals surface area (Å²) in [7, 11) is 0. The van der Waals surface area contributed by atoms with Crippen molar-refractivity contribution in [2.75, 3.05) is 13.2 Å². The van der Waals surface area contributed by atoms with Crippen LogP contribution in [0.3, 0.4) is 0 Å². The van der Waals surface area contributed by atoms with Gasteiger partial charge in [-0.15, -0.1) is 0 Å². The van der Waals surface area contributed by atoms with Crippen molar-refractivity contribution in [3.8, 4) is 11.5 Å². The van der Waals surface area contributed by atoms with Gasteiger partial charge in [0, 0.05) is 6.54 Å². The lowest BCUT2D eigenvalue weighted by molar-refractivity contribution is 0.0832. The van der Waals surface area contributed by atoms with Crippen LogP contribution in [-0.2, 0) is 0 Å². The first-order valence-electron chi connectivity index (χ1n) is 6.93. The Morgan fingerprint density at radius 2 is 2.10 bits per heavy atom. The Labute approximate surface area is 120 Å². The molecule has 110 valence electrons. The second-order valence-electron chi connectivity index (χ2n) is 5.21. The molecule has 0 spiro atoms. The first-order chi connectivity index (χ1) is 10.3. The first kappa shape index (κ1) is 12.6. The molecule has 0 radical (unpaired) electrons. The number of hydrogen-bond donors (Lipinski definition) is 2. The van der Waals surface area contributed by atoms with Crippen LogP contribution in [0.2, 0.25) is 0 Å². The molecule has 3 heterocycles. The number of nitrogens with zero attached hydrogens (tertiary/aromatic N) is 2. The van der Waals surface area contributed by atoms with E-state index in [4.69, 9.17) is 14.0 Å². The lowest BCUT2D eigenvalue weighted by Gasteiger charge is -2.24. The second-order valence-corrected chi connectivity index (χ2v) is 5.21. The molecule has 0 bridgehead atoms. The van der Waals surface area contributed by atoms with Gasteiger partial charge in [-0.3, -0.25) is 0 Å². The van der Waals surface area contributed by atoms with E-state index in [0.717, 1.165) is 5.75 Å². The number of aromatic nitrogens is 2. The minimum atomic E-state index is -0.385. The van der Waals surface area contributed by atoms with Gasteiger partial charge in [0.1, 0.15) is 6.61 Å². The predicted molar refractivity (Wildman–Crippen MR) is 71.0 cm³/mol. The number of aliphatic hydroxyl groups is 1. The van der Waals surface area contributed by atoms with Crippen molar-refractivity contribution in [1.82, 2.24) is 15.5 Å². The van der Waals surface area contributed by atoms with Gasteiger partial charge >= 0.3 is 0 Å². The van der Waals surface area contributed by atoms with E-state index in [-0.39, 0.29) is 18.2 Å². The molecule has 1 fully saturated rings. The molecule has 1 aromatic heterocycles. The number of benzene rings is 1. The summed E-state index contributed by atoms with van der Waals surface area (Å²) in [5, 5.41) is 16.6. The summed E-state index contributed by atoms with van der Waals surface area (Å²) in [5.74, 6) is 2.33. The van der Waals surface area contributed by atoms with Crippen molar-refractivity contribution in [3.63, 3.8) is 0 Å². The summed E-state index contributed by atoms with van der Waals surface area (Å²) in [6.07, 6.45) is -0.179. The van der Waals surface area contributed by atoms with Crippen LogP contribution in [0.4, 0.5) is 0 Å². The minimum Gasteiger partial charge on any atom is -0.485 e. The van der Waals surface area contributed by atoms with Crippen LogP contribution in [0, 0.1) is 0 Å². The zero-order chi connectivity index (χ0) is 14.2. The molecule has 1 saturated heterocycles. The summed E-state index contributed by atoms with van der Waals surface area (Å²) < 4.78 is 16.7. The monoisotopic (exact) mass is 289 g/mol. The lowest BCUT2D eigenvalue weighted by Crippen LogP contribution is -2.22. The van der Waals surface area contributed by atoms with E-state index in [1.807, 2.05) is 24.3 Å². The van der Waals surface area contributed by atoms with E-state index in [1.54, 1.807) is 0 Å². The average Bonchev–Trinajstić information content (AvgIpc) is 3.15. The zero-order valence-corrected chi connectivity index (χ0v) is 11.2. The van der Waals surface area contributed by atoms with Crippen LogP contribution in [0.5, 0.6) is 11.5 Å². The maximum absolute atomic E-state index is 9.53. The van der Waals surface area contributed by atoms with Crippen molar-refractivity contribution in [2.45, 2.75) is 24.7 Å². The Morgan fingerprint density at radius 1 is 1.24 bits per heavy atom. The molecular formula is C14H15N3O4. The topological polar surface area (TPSA) is 89.6 Å². The number of ether oxygens (including phenoxy) is 2. The van der Waals surface area contributed by atoms with E-state index >= 15 is 0 Å². The van der Waals surface area contributed by atoms with Crippen molar-refractivity contribution in [3.05, 3.63) is 36.0 Å². The maximum atomic E-state index is 9.53. The molecule has 21 heavy (non-hydrogen) atoms. The molecule has 0 amide bonds. The summed E-state index contributed by atoms with van der Waals surface area (Å²) in [6, 6.07) is 7.38. The highest BCUT2D eigenvalue weighted by Crippen LogP contribution is 2.35. The molecule has 3 atom stereocenters. The molecular weight excluding hydrogens is 274 g/mol. The summed E-state index contributed by atoms with van der Waals surface area (Å²) in [4.78, 5) is 4.37. The van der Waals surface area contributed by atoms with Gasteiger partial charge in [-0.1, -0.05) is 17.3 Å². The van der Waals surface area contributed by atoms with Crippen LogP contribution in [0.1, 0.15) is 30.3 Å². The van der Waals surface area contributed by atoms with Crippen molar-refractivity contribution in [2.24, 2.45) is 0 Å². The van der Waals surface area contributed by atoms with Crippen molar-refractivity contribution < 1.29 is 19.1 Å². The first-order valence-corrected chi connectivity index (χ1v) is 6.93. The van der Waals surface area contributed by atoms with Crippen LogP contribution < -0.4 is 14.8 Å². The molecule has 2 aliphatic rings. The fourth-order valence-electron chi connectivity index (χ4n) is 2.57. The number of nitrogens with one attached hydrogen (secondary N) is 1. The Morgan fingerprint density at radius 3 is 2.90 bits per heavy atom. The highest BCUT2D eigenvalue weighted by atomic mass is 16.6. The van der Waals surface area contributed by atoms with E-state index < -0.39 is 0 Å². The van der Waals surface area contributed by atoms with E-state index in [9.17, 15) is 5.11 Å². The quantitative estimate of drug-likeness (QED) is 0.851. The van der Waals surface area contributed by atoms with Crippen LogP contribution in [0.15, 0.2) is 28.8 Å². The minimum absolute atomic E-state index is 0.0990. The van der Waals surface area contributed by atoms with Crippen LogP contribution in [-0.4, -0.2) is 34.5 Å². The van der Waals surface area contributed by atoms with E-state index in [2.05, 4.69) is 15.5 Å². The number of fused-ring (bicyclic) bond motifs is 1.